The van der Waals surface area contributed by atoms with Crippen molar-refractivity contribution in [1.29, 1.82) is 0 Å². The Hall–Kier alpha value is -1.13. The summed E-state index contributed by atoms with van der Waals surface area (Å²) in [5.74, 6) is 0.0669. The van der Waals surface area contributed by atoms with Crippen LogP contribution in [0.4, 0.5) is 0 Å². The van der Waals surface area contributed by atoms with E-state index < -0.39 is 0 Å². The van der Waals surface area contributed by atoms with Gasteiger partial charge in [0, 0.05) is 17.8 Å². The van der Waals surface area contributed by atoms with E-state index in [2.05, 4.69) is 10.3 Å². The van der Waals surface area contributed by atoms with Crippen molar-refractivity contribution >= 4 is 17.5 Å². The quantitative estimate of drug-likeness (QED) is 0.624. The van der Waals surface area contributed by atoms with Gasteiger partial charge in [0.25, 0.3) is 5.91 Å². The largest absolute Gasteiger partial charge is 0.393 e. The Morgan fingerprint density at radius 3 is 2.68 bits per heavy atom. The second-order valence-electron chi connectivity index (χ2n) is 5.01. The summed E-state index contributed by atoms with van der Waals surface area (Å²) in [6.07, 6.45) is 1.09. The molecule has 0 aliphatic heterocycles. The molecule has 1 heterocycles. The van der Waals surface area contributed by atoms with Gasteiger partial charge in [-0.25, -0.2) is 4.98 Å². The number of halogens is 1. The molecule has 0 bridgehead atoms. The van der Waals surface area contributed by atoms with Gasteiger partial charge in [-0.2, -0.15) is 0 Å². The molecule has 4 nitrogen and oxygen atoms in total. The number of carbonyl (C=O) groups is 1. The van der Waals surface area contributed by atoms with Crippen molar-refractivity contribution in [2.45, 2.75) is 45.6 Å². The first-order valence-electron chi connectivity index (χ1n) is 6.54. The third-order valence-corrected chi connectivity index (χ3v) is 2.95. The van der Waals surface area contributed by atoms with Crippen LogP contribution in [0, 0.1) is 0 Å². The monoisotopic (exact) mass is 284 g/mol. The lowest BCUT2D eigenvalue weighted by atomic mass is 10.1. The Morgan fingerprint density at radius 2 is 2.11 bits per heavy atom. The summed E-state index contributed by atoms with van der Waals surface area (Å²) in [5, 5.41) is 12.3. The number of nitrogens with one attached hydrogen (secondary N) is 1. The predicted molar refractivity (Wildman–Crippen MR) is 76.6 cm³/mol. The minimum Gasteiger partial charge on any atom is -0.393 e. The number of carbonyl (C=O) groups excluding carboxylic acids is 1. The summed E-state index contributed by atoms with van der Waals surface area (Å²) < 4.78 is 0. The molecular weight excluding hydrogens is 264 g/mol. The lowest BCUT2D eigenvalue weighted by Gasteiger charge is -2.09. The van der Waals surface area contributed by atoms with Crippen molar-refractivity contribution in [2.24, 2.45) is 0 Å². The number of pyridine rings is 1. The zero-order valence-corrected chi connectivity index (χ0v) is 12.4. The Morgan fingerprint density at radius 1 is 1.42 bits per heavy atom. The average Bonchev–Trinajstić information content (AvgIpc) is 2.33. The van der Waals surface area contributed by atoms with Gasteiger partial charge in [-0.1, -0.05) is 25.4 Å². The van der Waals surface area contributed by atoms with Gasteiger partial charge in [-0.15, -0.1) is 0 Å². The maximum absolute atomic E-state index is 12.0. The highest BCUT2D eigenvalue weighted by molar-refractivity contribution is 6.29. The Bertz CT molecular complexity index is 433. The van der Waals surface area contributed by atoms with E-state index in [4.69, 9.17) is 16.7 Å². The van der Waals surface area contributed by atoms with E-state index in [9.17, 15) is 4.79 Å². The fourth-order valence-electron chi connectivity index (χ4n) is 1.65. The smallest absolute Gasteiger partial charge is 0.251 e. The minimum absolute atomic E-state index is 0.156. The van der Waals surface area contributed by atoms with Gasteiger partial charge in [0.1, 0.15) is 5.15 Å². The molecule has 1 rings (SSSR count). The van der Waals surface area contributed by atoms with E-state index in [1.54, 1.807) is 19.1 Å². The van der Waals surface area contributed by atoms with Crippen LogP contribution in [-0.2, 0) is 0 Å². The highest BCUT2D eigenvalue weighted by Crippen LogP contribution is 2.17. The SMILES string of the molecule is CC(O)CCCNC(=O)c1cc(Cl)nc(C(C)C)c1. The standard InChI is InChI=1S/C14H21ClN2O2/c1-9(2)12-7-11(8-13(15)17-12)14(19)16-6-4-5-10(3)18/h7-10,18H,4-6H2,1-3H3,(H,16,19). The highest BCUT2D eigenvalue weighted by Gasteiger charge is 2.10. The van der Waals surface area contributed by atoms with Crippen molar-refractivity contribution < 1.29 is 9.90 Å². The summed E-state index contributed by atoms with van der Waals surface area (Å²) in [5.41, 5.74) is 1.34. The fraction of sp³-hybridized carbons (Fsp3) is 0.571. The normalized spacial score (nSPS) is 12.5. The second kappa shape index (κ2) is 7.46. The lowest BCUT2D eigenvalue weighted by molar-refractivity contribution is 0.0949. The maximum Gasteiger partial charge on any atom is 0.251 e. The molecule has 0 spiro atoms. The number of hydrogen-bond donors (Lipinski definition) is 2. The predicted octanol–water partition coefficient (Wildman–Crippen LogP) is 2.75. The molecule has 19 heavy (non-hydrogen) atoms. The number of rotatable bonds is 6. The molecule has 0 saturated carbocycles. The summed E-state index contributed by atoms with van der Waals surface area (Å²) in [6.45, 7) is 6.28. The molecule has 2 N–H and O–H groups in total. The summed E-state index contributed by atoms with van der Waals surface area (Å²) in [7, 11) is 0. The number of amides is 1. The zero-order valence-electron chi connectivity index (χ0n) is 11.6. The van der Waals surface area contributed by atoms with Crippen LogP contribution in [0.2, 0.25) is 5.15 Å². The molecule has 1 unspecified atom stereocenters. The highest BCUT2D eigenvalue weighted by atomic mass is 35.5. The van der Waals surface area contributed by atoms with Crippen LogP contribution in [0.5, 0.6) is 0 Å². The second-order valence-corrected chi connectivity index (χ2v) is 5.39. The molecular formula is C14H21ClN2O2. The van der Waals surface area contributed by atoms with Gasteiger partial charge >= 0.3 is 0 Å². The van der Waals surface area contributed by atoms with Gasteiger partial charge in [-0.05, 0) is 37.8 Å². The molecule has 0 aliphatic carbocycles. The zero-order chi connectivity index (χ0) is 14.4. The Labute approximate surface area is 119 Å². The summed E-state index contributed by atoms with van der Waals surface area (Å²) >= 11 is 5.92. The molecule has 106 valence electrons. The number of nitrogens with zero attached hydrogens (tertiary/aromatic N) is 1. The van der Waals surface area contributed by atoms with E-state index in [0.717, 1.165) is 12.1 Å². The number of aliphatic hydroxyl groups is 1. The summed E-state index contributed by atoms with van der Waals surface area (Å²) in [4.78, 5) is 16.1. The first-order valence-corrected chi connectivity index (χ1v) is 6.91. The van der Waals surface area contributed by atoms with Gasteiger partial charge in [0.2, 0.25) is 0 Å². The maximum atomic E-state index is 12.0. The molecule has 1 atom stereocenters. The Balaban J connectivity index is 2.61. The molecule has 0 aliphatic rings. The minimum atomic E-state index is -0.334. The molecule has 0 radical (unpaired) electrons. The molecule has 5 heteroatoms. The van der Waals surface area contributed by atoms with E-state index in [0.29, 0.717) is 23.7 Å². The first-order chi connectivity index (χ1) is 8.90. The number of hydrogen-bond acceptors (Lipinski definition) is 3. The van der Waals surface area contributed by atoms with E-state index in [-0.39, 0.29) is 17.9 Å². The molecule has 1 aromatic rings. The fourth-order valence-corrected chi connectivity index (χ4v) is 1.86. The summed E-state index contributed by atoms with van der Waals surface area (Å²) in [6, 6.07) is 3.33. The molecule has 0 aromatic carbocycles. The number of aliphatic hydroxyl groups excluding tert-OH is 1. The van der Waals surface area contributed by atoms with Crippen molar-refractivity contribution in [1.82, 2.24) is 10.3 Å². The van der Waals surface area contributed by atoms with Crippen molar-refractivity contribution in [2.75, 3.05) is 6.54 Å². The molecule has 1 aromatic heterocycles. The molecule has 1 amide bonds. The van der Waals surface area contributed by atoms with Gasteiger partial charge in [0.05, 0.1) is 6.10 Å². The van der Waals surface area contributed by atoms with E-state index in [1.807, 2.05) is 13.8 Å². The third kappa shape index (κ3) is 5.57. The average molecular weight is 285 g/mol. The number of aromatic nitrogens is 1. The van der Waals surface area contributed by atoms with Crippen molar-refractivity contribution in [3.63, 3.8) is 0 Å². The molecule has 0 saturated heterocycles. The lowest BCUT2D eigenvalue weighted by Crippen LogP contribution is -2.25. The van der Waals surface area contributed by atoms with Crippen molar-refractivity contribution in [3.05, 3.63) is 28.5 Å². The van der Waals surface area contributed by atoms with Gasteiger partial charge < -0.3 is 10.4 Å². The van der Waals surface area contributed by atoms with Gasteiger partial charge in [-0.3, -0.25) is 4.79 Å². The van der Waals surface area contributed by atoms with Crippen LogP contribution >= 0.6 is 11.6 Å². The van der Waals surface area contributed by atoms with Crippen LogP contribution in [0.25, 0.3) is 0 Å². The van der Waals surface area contributed by atoms with Crippen molar-refractivity contribution in [3.8, 4) is 0 Å². The van der Waals surface area contributed by atoms with Crippen LogP contribution in [0.3, 0.4) is 0 Å². The first kappa shape index (κ1) is 15.9. The molecule has 0 fully saturated rings. The van der Waals surface area contributed by atoms with Crippen LogP contribution in [0.15, 0.2) is 12.1 Å². The van der Waals surface area contributed by atoms with Crippen LogP contribution in [0.1, 0.15) is 55.6 Å². The van der Waals surface area contributed by atoms with Crippen LogP contribution in [-0.4, -0.2) is 28.6 Å². The Kier molecular flexibility index (Phi) is 6.25. The van der Waals surface area contributed by atoms with E-state index in [1.165, 1.54) is 0 Å². The van der Waals surface area contributed by atoms with Gasteiger partial charge in [0.15, 0.2) is 0 Å². The topological polar surface area (TPSA) is 62.2 Å². The van der Waals surface area contributed by atoms with E-state index >= 15 is 0 Å². The van der Waals surface area contributed by atoms with Crippen LogP contribution < -0.4 is 5.32 Å². The third-order valence-electron chi connectivity index (χ3n) is 2.75.